The lowest BCUT2D eigenvalue weighted by atomic mass is 9.77. The Bertz CT molecular complexity index is 196. The van der Waals surface area contributed by atoms with E-state index in [1.165, 1.54) is 25.7 Å². The summed E-state index contributed by atoms with van der Waals surface area (Å²) in [6, 6.07) is 0. The van der Waals surface area contributed by atoms with Crippen molar-refractivity contribution in [2.45, 2.75) is 39.5 Å². The fraction of sp³-hybridized carbons (Fsp3) is 0.917. The second-order valence-corrected chi connectivity index (χ2v) is 5.05. The molecule has 88 valence electrons. The second kappa shape index (κ2) is 6.11. The molecule has 3 nitrogen and oxygen atoms in total. The molecular weight excluding hydrogens is 190 g/mol. The van der Waals surface area contributed by atoms with E-state index in [0.29, 0.717) is 5.92 Å². The molecule has 1 fully saturated rings. The van der Waals surface area contributed by atoms with Crippen LogP contribution in [0.4, 0.5) is 0 Å². The maximum Gasteiger partial charge on any atom is 0.317 e. The topological polar surface area (TPSA) is 49.3 Å². The summed E-state index contributed by atoms with van der Waals surface area (Å²) in [6.45, 7) is 5.57. The number of carbonyl (C=O) groups is 1. The van der Waals surface area contributed by atoms with Crippen LogP contribution in [0, 0.1) is 17.8 Å². The van der Waals surface area contributed by atoms with Crippen LogP contribution in [-0.2, 0) is 4.79 Å². The fourth-order valence-electron chi connectivity index (χ4n) is 2.44. The maximum absolute atomic E-state index is 10.3. The number of aliphatic carboxylic acids is 1. The molecule has 3 heteroatoms. The molecule has 0 spiro atoms. The van der Waals surface area contributed by atoms with E-state index in [4.69, 9.17) is 5.11 Å². The lowest BCUT2D eigenvalue weighted by molar-refractivity contribution is -0.136. The van der Waals surface area contributed by atoms with Crippen molar-refractivity contribution in [3.05, 3.63) is 0 Å². The minimum absolute atomic E-state index is 0.101. The normalized spacial score (nSPS) is 26.9. The molecular formula is C12H23NO2. The third-order valence-electron chi connectivity index (χ3n) is 3.54. The first-order valence-corrected chi connectivity index (χ1v) is 6.02. The van der Waals surface area contributed by atoms with Crippen LogP contribution in [-0.4, -0.2) is 24.2 Å². The third kappa shape index (κ3) is 4.65. The van der Waals surface area contributed by atoms with Gasteiger partial charge in [0.05, 0.1) is 6.54 Å². The van der Waals surface area contributed by atoms with Gasteiger partial charge in [-0.2, -0.15) is 0 Å². The minimum atomic E-state index is -0.758. The van der Waals surface area contributed by atoms with Crippen LogP contribution in [0.25, 0.3) is 0 Å². The molecule has 15 heavy (non-hydrogen) atoms. The molecule has 0 amide bonds. The van der Waals surface area contributed by atoms with Crippen LogP contribution < -0.4 is 5.32 Å². The highest BCUT2D eigenvalue weighted by Crippen LogP contribution is 2.32. The first kappa shape index (κ1) is 12.5. The number of carboxylic acid groups (broad SMARTS) is 1. The van der Waals surface area contributed by atoms with Gasteiger partial charge in [0, 0.05) is 0 Å². The van der Waals surface area contributed by atoms with E-state index in [0.717, 1.165) is 18.4 Å². The summed E-state index contributed by atoms with van der Waals surface area (Å²) in [5, 5.41) is 11.5. The number of rotatable bonds is 5. The Hall–Kier alpha value is -0.570. The Kier molecular flexibility index (Phi) is 5.09. The molecule has 1 saturated carbocycles. The summed E-state index contributed by atoms with van der Waals surface area (Å²) in [7, 11) is 0. The Balaban J connectivity index is 2.12. The quantitative estimate of drug-likeness (QED) is 0.735. The van der Waals surface area contributed by atoms with E-state index in [1.807, 2.05) is 0 Å². The average molecular weight is 213 g/mol. The highest BCUT2D eigenvalue weighted by atomic mass is 16.4. The van der Waals surface area contributed by atoms with Gasteiger partial charge in [0.1, 0.15) is 0 Å². The van der Waals surface area contributed by atoms with Crippen molar-refractivity contribution in [2.24, 2.45) is 17.8 Å². The molecule has 0 radical (unpaired) electrons. The lowest BCUT2D eigenvalue weighted by Crippen LogP contribution is -2.31. The predicted molar refractivity (Wildman–Crippen MR) is 60.8 cm³/mol. The van der Waals surface area contributed by atoms with E-state index in [2.05, 4.69) is 19.2 Å². The number of hydrogen-bond donors (Lipinski definition) is 2. The Morgan fingerprint density at radius 1 is 1.33 bits per heavy atom. The van der Waals surface area contributed by atoms with Crippen molar-refractivity contribution in [2.75, 3.05) is 13.1 Å². The van der Waals surface area contributed by atoms with Crippen molar-refractivity contribution in [1.29, 1.82) is 0 Å². The van der Waals surface area contributed by atoms with Crippen LogP contribution in [0.2, 0.25) is 0 Å². The standard InChI is InChI=1S/C12H23NO2/c1-9(2)11-5-3-10(4-6-11)7-13-8-12(14)15/h9-11,13H,3-8H2,1-2H3,(H,14,15). The van der Waals surface area contributed by atoms with Crippen LogP contribution in [0.15, 0.2) is 0 Å². The monoisotopic (exact) mass is 213 g/mol. The highest BCUT2D eigenvalue weighted by molar-refractivity contribution is 5.68. The number of nitrogens with one attached hydrogen (secondary N) is 1. The van der Waals surface area contributed by atoms with Gasteiger partial charge in [-0.3, -0.25) is 4.79 Å². The summed E-state index contributed by atoms with van der Waals surface area (Å²) in [4.78, 5) is 10.3. The fourth-order valence-corrected chi connectivity index (χ4v) is 2.44. The average Bonchev–Trinajstić information content (AvgIpc) is 2.18. The molecule has 0 aromatic rings. The van der Waals surface area contributed by atoms with Crippen molar-refractivity contribution in [3.8, 4) is 0 Å². The molecule has 0 saturated heterocycles. The zero-order valence-corrected chi connectivity index (χ0v) is 9.83. The van der Waals surface area contributed by atoms with E-state index >= 15 is 0 Å². The van der Waals surface area contributed by atoms with Crippen LogP contribution >= 0.6 is 0 Å². The Labute approximate surface area is 92.3 Å². The Morgan fingerprint density at radius 2 is 1.93 bits per heavy atom. The van der Waals surface area contributed by atoms with Gasteiger partial charge in [0.25, 0.3) is 0 Å². The van der Waals surface area contributed by atoms with Crippen LogP contribution in [0.5, 0.6) is 0 Å². The summed E-state index contributed by atoms with van der Waals surface area (Å²) in [5.74, 6) is 1.63. The molecule has 0 aromatic carbocycles. The van der Waals surface area contributed by atoms with Gasteiger partial charge in [-0.25, -0.2) is 0 Å². The van der Waals surface area contributed by atoms with E-state index in [-0.39, 0.29) is 6.54 Å². The van der Waals surface area contributed by atoms with Crippen molar-refractivity contribution in [3.63, 3.8) is 0 Å². The van der Waals surface area contributed by atoms with Gasteiger partial charge >= 0.3 is 5.97 Å². The van der Waals surface area contributed by atoms with E-state index in [1.54, 1.807) is 0 Å². The van der Waals surface area contributed by atoms with Crippen LogP contribution in [0.1, 0.15) is 39.5 Å². The summed E-state index contributed by atoms with van der Waals surface area (Å²) in [5.41, 5.74) is 0. The van der Waals surface area contributed by atoms with Crippen molar-refractivity contribution < 1.29 is 9.90 Å². The maximum atomic E-state index is 10.3. The molecule has 0 aliphatic heterocycles. The molecule has 0 atom stereocenters. The van der Waals surface area contributed by atoms with Gasteiger partial charge in [-0.05, 0) is 50.0 Å². The van der Waals surface area contributed by atoms with Gasteiger partial charge in [-0.1, -0.05) is 13.8 Å². The molecule has 2 N–H and O–H groups in total. The predicted octanol–water partition coefficient (Wildman–Crippen LogP) is 2.12. The summed E-state index contributed by atoms with van der Waals surface area (Å²) < 4.78 is 0. The van der Waals surface area contributed by atoms with Gasteiger partial charge in [0.15, 0.2) is 0 Å². The van der Waals surface area contributed by atoms with Crippen molar-refractivity contribution in [1.82, 2.24) is 5.32 Å². The molecule has 0 aromatic heterocycles. The van der Waals surface area contributed by atoms with Gasteiger partial charge in [-0.15, -0.1) is 0 Å². The summed E-state index contributed by atoms with van der Waals surface area (Å²) >= 11 is 0. The zero-order chi connectivity index (χ0) is 11.3. The van der Waals surface area contributed by atoms with Crippen LogP contribution in [0.3, 0.4) is 0 Å². The minimum Gasteiger partial charge on any atom is -0.480 e. The first-order valence-electron chi connectivity index (χ1n) is 6.02. The van der Waals surface area contributed by atoms with Crippen molar-refractivity contribution >= 4 is 5.97 Å². The first-order chi connectivity index (χ1) is 7.09. The Morgan fingerprint density at radius 3 is 2.40 bits per heavy atom. The molecule has 0 bridgehead atoms. The van der Waals surface area contributed by atoms with Gasteiger partial charge < -0.3 is 10.4 Å². The SMILES string of the molecule is CC(C)C1CCC(CNCC(=O)O)CC1. The second-order valence-electron chi connectivity index (χ2n) is 5.05. The molecule has 0 heterocycles. The van der Waals surface area contributed by atoms with Gasteiger partial charge in [0.2, 0.25) is 0 Å². The molecule has 1 rings (SSSR count). The lowest BCUT2D eigenvalue weighted by Gasteiger charge is -2.30. The van der Waals surface area contributed by atoms with E-state index in [9.17, 15) is 4.79 Å². The summed E-state index contributed by atoms with van der Waals surface area (Å²) in [6.07, 6.45) is 5.15. The third-order valence-corrected chi connectivity index (χ3v) is 3.54. The molecule has 0 unspecified atom stereocenters. The molecule has 1 aliphatic rings. The molecule has 1 aliphatic carbocycles. The smallest absolute Gasteiger partial charge is 0.317 e. The zero-order valence-electron chi connectivity index (χ0n) is 9.83. The number of hydrogen-bond acceptors (Lipinski definition) is 2. The largest absolute Gasteiger partial charge is 0.480 e. The van der Waals surface area contributed by atoms with E-state index < -0.39 is 5.97 Å². The highest BCUT2D eigenvalue weighted by Gasteiger charge is 2.22. The number of carboxylic acids is 1.